The van der Waals surface area contributed by atoms with E-state index in [0.717, 1.165) is 12.1 Å². The lowest BCUT2D eigenvalue weighted by Gasteiger charge is -2.40. The van der Waals surface area contributed by atoms with Crippen LogP contribution >= 0.6 is 10.2 Å². The zero-order valence-electron chi connectivity index (χ0n) is 10.3. The lowest BCUT2D eigenvalue weighted by Crippen LogP contribution is -2.10. The van der Waals surface area contributed by atoms with E-state index in [9.17, 15) is 24.2 Å². The van der Waals surface area contributed by atoms with Crippen LogP contribution in [0.25, 0.3) is 0 Å². The van der Waals surface area contributed by atoms with E-state index < -0.39 is 26.8 Å². The van der Waals surface area contributed by atoms with Crippen molar-refractivity contribution in [2.24, 2.45) is 0 Å². The molecule has 21 heavy (non-hydrogen) atoms. The molecule has 0 amide bonds. The van der Waals surface area contributed by atoms with E-state index in [1.165, 1.54) is 24.3 Å². The zero-order chi connectivity index (χ0) is 15.8. The lowest BCUT2D eigenvalue weighted by atomic mass is 10.2. The Morgan fingerprint density at radius 1 is 0.857 bits per heavy atom. The van der Waals surface area contributed by atoms with Crippen LogP contribution in [0.4, 0.5) is 19.4 Å². The molecule has 0 N–H and O–H groups in total. The first-order valence-electron chi connectivity index (χ1n) is 5.57. The summed E-state index contributed by atoms with van der Waals surface area (Å²) in [7, 11) is -9.79. The number of rotatable bonds is 3. The third-order valence-electron chi connectivity index (χ3n) is 2.47. The molecule has 0 saturated carbocycles. The molecule has 0 fully saturated rings. The van der Waals surface area contributed by atoms with Gasteiger partial charge in [-0.15, -0.1) is 0 Å². The average Bonchev–Trinajstić information content (AvgIpc) is 2.37. The number of esters is 1. The summed E-state index contributed by atoms with van der Waals surface area (Å²) in [6, 6.07) is 9.56. The van der Waals surface area contributed by atoms with Crippen LogP contribution < -0.4 is 4.74 Å². The van der Waals surface area contributed by atoms with Crippen molar-refractivity contribution in [3.05, 3.63) is 60.2 Å². The molecule has 0 spiro atoms. The van der Waals surface area contributed by atoms with Gasteiger partial charge in [0, 0.05) is 6.07 Å². The summed E-state index contributed by atoms with van der Waals surface area (Å²) in [4.78, 5) is 9.55. The van der Waals surface area contributed by atoms with E-state index in [-0.39, 0.29) is 17.7 Å². The fourth-order valence-corrected chi connectivity index (χ4v) is 2.19. The Kier molecular flexibility index (Phi) is 3.06. The molecule has 114 valence electrons. The van der Waals surface area contributed by atoms with E-state index in [4.69, 9.17) is 0 Å². The minimum atomic E-state index is -9.79. The second-order valence-electron chi connectivity index (χ2n) is 4.20. The predicted molar refractivity (Wildman–Crippen MR) is 69.2 cm³/mol. The molecule has 0 bridgehead atoms. The van der Waals surface area contributed by atoms with Gasteiger partial charge in [0.15, 0.2) is 0 Å². The molecule has 0 unspecified atom stereocenters. The van der Waals surface area contributed by atoms with Crippen LogP contribution in [0.15, 0.2) is 59.5 Å². The van der Waals surface area contributed by atoms with Crippen LogP contribution in [0.1, 0.15) is 10.4 Å². The van der Waals surface area contributed by atoms with Crippen LogP contribution in [0.2, 0.25) is 0 Å². The van der Waals surface area contributed by atoms with Gasteiger partial charge in [0.2, 0.25) is 0 Å². The molecule has 0 radical (unpaired) electrons. The van der Waals surface area contributed by atoms with Crippen LogP contribution in [-0.2, 0) is 0 Å². The summed E-state index contributed by atoms with van der Waals surface area (Å²) >= 11 is 0. The molecule has 0 aliphatic rings. The quantitative estimate of drug-likeness (QED) is 0.419. The van der Waals surface area contributed by atoms with Gasteiger partial charge in [-0.05, 0) is 24.3 Å². The van der Waals surface area contributed by atoms with Gasteiger partial charge in [0.05, 0.1) is 5.56 Å². The van der Waals surface area contributed by atoms with Crippen molar-refractivity contribution in [2.45, 2.75) is 4.90 Å². The molecule has 0 aromatic heterocycles. The summed E-state index contributed by atoms with van der Waals surface area (Å²) in [5.74, 6) is -1.54. The standard InChI is InChI=1S/C13H9F5O2S/c14-21(15,16,17,18)12-8-4-7-11(9-12)20-13(19)10-5-2-1-3-6-10/h1-9H. The van der Waals surface area contributed by atoms with Crippen LogP contribution in [0, 0.1) is 0 Å². The summed E-state index contributed by atoms with van der Waals surface area (Å²) < 4.78 is 67.9. The van der Waals surface area contributed by atoms with E-state index in [1.54, 1.807) is 6.07 Å². The maximum Gasteiger partial charge on any atom is 0.343 e. The molecule has 2 aromatic carbocycles. The molecule has 0 aliphatic heterocycles. The minimum Gasteiger partial charge on any atom is -0.423 e. The fraction of sp³-hybridized carbons (Fsp3) is 0. The minimum absolute atomic E-state index is 0.0928. The number of hydrogen-bond acceptors (Lipinski definition) is 2. The van der Waals surface area contributed by atoms with Crippen molar-refractivity contribution >= 4 is 16.2 Å². The first-order chi connectivity index (χ1) is 9.45. The third kappa shape index (κ3) is 3.94. The first kappa shape index (κ1) is 15.3. The van der Waals surface area contributed by atoms with Crippen LogP contribution in [0.5, 0.6) is 5.75 Å². The molecule has 2 aromatic rings. The topological polar surface area (TPSA) is 26.3 Å². The Morgan fingerprint density at radius 2 is 1.48 bits per heavy atom. The number of hydrogen-bond donors (Lipinski definition) is 0. The van der Waals surface area contributed by atoms with E-state index in [2.05, 4.69) is 4.74 Å². The number of ether oxygens (including phenoxy) is 1. The van der Waals surface area contributed by atoms with E-state index >= 15 is 0 Å². The Hall–Kier alpha value is -2.09. The lowest BCUT2D eigenvalue weighted by molar-refractivity contribution is 0.0734. The average molecular weight is 324 g/mol. The number of benzene rings is 2. The SMILES string of the molecule is O=C(Oc1cccc(S(F)(F)(F)(F)F)c1)c1ccccc1. The second-order valence-corrected chi connectivity index (χ2v) is 6.61. The van der Waals surface area contributed by atoms with Crippen molar-refractivity contribution < 1.29 is 29.0 Å². The van der Waals surface area contributed by atoms with Gasteiger partial charge in [-0.3, -0.25) is 0 Å². The second kappa shape index (κ2) is 4.20. The number of carbonyl (C=O) groups is 1. The number of halogens is 5. The van der Waals surface area contributed by atoms with Gasteiger partial charge in [-0.25, -0.2) is 4.79 Å². The Morgan fingerprint density at radius 3 is 2.05 bits per heavy atom. The Labute approximate surface area is 116 Å². The van der Waals surface area contributed by atoms with Gasteiger partial charge in [-0.2, -0.15) is 0 Å². The van der Waals surface area contributed by atoms with Crippen molar-refractivity contribution in [2.75, 3.05) is 0 Å². The molecule has 2 rings (SSSR count). The highest BCUT2D eigenvalue weighted by molar-refractivity contribution is 8.45. The van der Waals surface area contributed by atoms with E-state index in [1.807, 2.05) is 0 Å². The fourth-order valence-electron chi connectivity index (χ4n) is 1.52. The smallest absolute Gasteiger partial charge is 0.343 e. The maximum absolute atomic E-state index is 12.6. The molecule has 0 saturated heterocycles. The summed E-state index contributed by atoms with van der Waals surface area (Å²) in [6.07, 6.45) is 0. The highest BCUT2D eigenvalue weighted by Crippen LogP contribution is 3.02. The molecular formula is C13H9F5O2S. The monoisotopic (exact) mass is 324 g/mol. The van der Waals surface area contributed by atoms with Gasteiger partial charge < -0.3 is 4.74 Å². The first-order valence-corrected chi connectivity index (χ1v) is 7.52. The molecule has 2 nitrogen and oxygen atoms in total. The summed E-state index contributed by atoms with van der Waals surface area (Å²) in [5, 5.41) is 0. The largest absolute Gasteiger partial charge is 0.423 e. The highest BCUT2D eigenvalue weighted by Gasteiger charge is 2.65. The van der Waals surface area contributed by atoms with Crippen LogP contribution in [-0.4, -0.2) is 5.97 Å². The third-order valence-corrected chi connectivity index (χ3v) is 3.62. The molecule has 0 heterocycles. The zero-order valence-corrected chi connectivity index (χ0v) is 11.1. The predicted octanol–water partition coefficient (Wildman–Crippen LogP) is 5.56. The molecular weight excluding hydrogens is 315 g/mol. The van der Waals surface area contributed by atoms with E-state index in [0.29, 0.717) is 0 Å². The molecule has 0 atom stereocenters. The van der Waals surface area contributed by atoms with Crippen molar-refractivity contribution in [1.29, 1.82) is 0 Å². The normalized spacial score (nSPS) is 14.9. The number of carbonyl (C=O) groups excluding carboxylic acids is 1. The maximum atomic E-state index is 12.6. The van der Waals surface area contributed by atoms with Gasteiger partial charge >= 0.3 is 16.2 Å². The van der Waals surface area contributed by atoms with Crippen molar-refractivity contribution in [3.8, 4) is 5.75 Å². The van der Waals surface area contributed by atoms with Crippen molar-refractivity contribution in [1.82, 2.24) is 0 Å². The van der Waals surface area contributed by atoms with Gasteiger partial charge in [-0.1, -0.05) is 43.7 Å². The molecule has 0 aliphatic carbocycles. The van der Waals surface area contributed by atoms with Gasteiger partial charge in [0.1, 0.15) is 10.6 Å². The molecule has 8 heteroatoms. The summed E-state index contributed by atoms with van der Waals surface area (Å²) in [5.41, 5.74) is 0.0928. The van der Waals surface area contributed by atoms with Gasteiger partial charge in [0.25, 0.3) is 0 Å². The van der Waals surface area contributed by atoms with Crippen molar-refractivity contribution in [3.63, 3.8) is 0 Å². The Bertz CT molecular complexity index is 683. The Balaban J connectivity index is 2.30. The van der Waals surface area contributed by atoms with Crippen LogP contribution in [0.3, 0.4) is 0 Å². The summed E-state index contributed by atoms with van der Waals surface area (Å²) in [6.45, 7) is 0. The highest BCUT2D eigenvalue weighted by atomic mass is 32.5.